The summed E-state index contributed by atoms with van der Waals surface area (Å²) in [5.41, 5.74) is 2.40. The Morgan fingerprint density at radius 1 is 0.302 bits per heavy atom. The summed E-state index contributed by atoms with van der Waals surface area (Å²) in [5, 5.41) is 0. The quantitative estimate of drug-likeness (QED) is 0.212. The Balaban J connectivity index is 0.000000115. The van der Waals surface area contributed by atoms with Gasteiger partial charge < -0.3 is 0 Å². The fourth-order valence-electron chi connectivity index (χ4n) is 24.7. The summed E-state index contributed by atoms with van der Waals surface area (Å²) in [7, 11) is 0. The zero-order chi connectivity index (χ0) is 66.7. The number of allylic oxidation sites excluding steroid dienone is 12. The van der Waals surface area contributed by atoms with Crippen molar-refractivity contribution in [3.05, 3.63) is 72.4 Å². The van der Waals surface area contributed by atoms with E-state index in [9.17, 15) is 0 Å². The number of rotatable bonds is 0. The van der Waals surface area contributed by atoms with E-state index in [1.54, 1.807) is 166 Å². The van der Waals surface area contributed by atoms with Crippen LogP contribution in [-0.4, -0.2) is 0 Å². The van der Waals surface area contributed by atoms with Crippen molar-refractivity contribution >= 4 is 0 Å². The average molecular weight is 1320 g/mol. The molecule has 0 aromatic rings. The molecule has 24 aliphatic rings. The van der Waals surface area contributed by atoms with Crippen molar-refractivity contribution in [1.82, 2.24) is 0 Å². The zero-order valence-electron chi connectivity index (χ0n) is 65.2. The second-order valence-corrected chi connectivity index (χ2v) is 39.1. The van der Waals surface area contributed by atoms with Gasteiger partial charge in [-0.25, -0.2) is 0 Å². The van der Waals surface area contributed by atoms with E-state index < -0.39 is 0 Å². The van der Waals surface area contributed by atoms with Gasteiger partial charge in [0, 0.05) is 0 Å². The van der Waals surface area contributed by atoms with Crippen LogP contribution >= 0.6 is 0 Å². The molecule has 0 heteroatoms. The van der Waals surface area contributed by atoms with Gasteiger partial charge >= 0.3 is 0 Å². The molecule has 14 bridgehead atoms. The molecule has 0 amide bonds. The maximum Gasteiger partial charge on any atom is -0.0200 e. The molecule has 0 N–H and O–H groups in total. The first-order valence-corrected chi connectivity index (χ1v) is 44.8. The lowest BCUT2D eigenvalue weighted by Crippen LogP contribution is -2.44. The summed E-state index contributed by atoms with van der Waals surface area (Å²) in [6, 6.07) is 0. The standard InChI is InChI=1S/C11H18.2C9H16.C9H14.C9H16.C9H14.C8H14.C8H12.3C8H14/c1-11-5-8-2-9(6-11)4-10(3-8)7-11;1-7-6-8-2-4-9(7)5-3-8;2*1-7-6-8-4-2-3-5-9(7)8;2*1-2-8-4-6-9(3-1)7-5-8;2*1-2-7-4-5-8(3-1)6-7;3*1-8-6-4-2-3-5-7-8/h8-10H,2-7H2,1H3;2*7-9H,2-6H2,1H3;2,4,7-9H,3,5-6H2,1H3;8-9H,1-7H2;1-2,8-9H,3-7H2;7-8H,1-6H2;1-2,7-8H,3-6H2;6H,2-5,7H2,1H3;4,6,8H,2-3,5,7H2,1H3;2,4,8H,3,5-7H2,1H3. The average Bonchev–Trinajstić information content (AvgIpc) is 0.826. The Morgan fingerprint density at radius 2 is 0.854 bits per heavy atom. The normalized spacial score (nSPS) is 42.7. The fourth-order valence-corrected chi connectivity index (χ4v) is 24.7. The minimum atomic E-state index is 0.800. The minimum absolute atomic E-state index is 0.800. The molecule has 0 saturated heterocycles. The maximum atomic E-state index is 2.54. The highest BCUT2D eigenvalue weighted by molar-refractivity contribution is 5.05. The van der Waals surface area contributed by atoms with E-state index in [0.29, 0.717) is 0 Å². The number of hydrogen-bond acceptors (Lipinski definition) is 0. The topological polar surface area (TPSA) is 0 Å². The zero-order valence-corrected chi connectivity index (χ0v) is 65.2. The van der Waals surface area contributed by atoms with Crippen molar-refractivity contribution in [3.63, 3.8) is 0 Å². The molecule has 24 rings (SSSR count). The molecule has 17 saturated carbocycles. The molecule has 0 heterocycles. The summed E-state index contributed by atoms with van der Waals surface area (Å²) in [5.74, 6) is 23.7. The van der Waals surface area contributed by atoms with Gasteiger partial charge in [-0.2, -0.15) is 0 Å². The molecule has 96 heavy (non-hydrogen) atoms. The van der Waals surface area contributed by atoms with Crippen LogP contribution in [0.2, 0.25) is 0 Å². The summed E-state index contributed by atoms with van der Waals surface area (Å²) in [6.07, 6.45) is 107. The van der Waals surface area contributed by atoms with Crippen LogP contribution < -0.4 is 0 Å². The SMILES string of the molecule is C1=CC2CCC(C1)C2.C1=CC2CCC(C1)CC2.C1CC2CCC(C1)C2.C1CC2CCC(C1)CC2.CC12CC3CC(CC(C3)C1)C2.CC1=CCCCCC1.CC1C=CCCCC1.CC1CC2C=CCCC12.CC1CC2CCC1CC2.CC1CC2CCCCC12.CC1CC=CCCC1. The Morgan fingerprint density at radius 3 is 1.43 bits per heavy atom. The van der Waals surface area contributed by atoms with Gasteiger partial charge in [-0.3, -0.25) is 0 Å². The third-order valence-corrected chi connectivity index (χ3v) is 30.7. The van der Waals surface area contributed by atoms with E-state index in [2.05, 4.69) is 115 Å². The molecule has 0 aromatic carbocycles. The predicted octanol–water partition coefficient (Wildman–Crippen LogP) is 30.6. The van der Waals surface area contributed by atoms with Crippen LogP contribution in [0.25, 0.3) is 0 Å². The molecule has 0 aromatic heterocycles. The highest BCUT2D eigenvalue weighted by Crippen LogP contribution is 2.60. The van der Waals surface area contributed by atoms with Gasteiger partial charge in [0.1, 0.15) is 0 Å². The molecule has 0 aliphatic heterocycles. The molecule has 0 nitrogen and oxygen atoms in total. The third-order valence-electron chi connectivity index (χ3n) is 30.7. The van der Waals surface area contributed by atoms with E-state index >= 15 is 0 Å². The molecule has 24 aliphatic carbocycles. The Hall–Kier alpha value is -1.56. The molecule has 0 radical (unpaired) electrons. The highest BCUT2D eigenvalue weighted by Gasteiger charge is 2.48. The van der Waals surface area contributed by atoms with E-state index in [1.165, 1.54) is 186 Å². The molecule has 17 fully saturated rings. The van der Waals surface area contributed by atoms with E-state index in [4.69, 9.17) is 0 Å². The Bertz CT molecular complexity index is 2200. The van der Waals surface area contributed by atoms with Crippen LogP contribution in [0.4, 0.5) is 0 Å². The van der Waals surface area contributed by atoms with Gasteiger partial charge in [-0.1, -0.05) is 242 Å². The number of hydrogen-bond donors (Lipinski definition) is 0. The third kappa shape index (κ3) is 26.6. The van der Waals surface area contributed by atoms with Crippen LogP contribution in [-0.2, 0) is 0 Å². The van der Waals surface area contributed by atoms with Crippen LogP contribution in [0.5, 0.6) is 0 Å². The van der Waals surface area contributed by atoms with Crippen molar-refractivity contribution in [2.45, 2.75) is 395 Å². The summed E-state index contributed by atoms with van der Waals surface area (Å²) < 4.78 is 0. The molecule has 13 unspecified atom stereocenters. The van der Waals surface area contributed by atoms with Gasteiger partial charge in [-0.15, -0.1) is 0 Å². The van der Waals surface area contributed by atoms with Gasteiger partial charge in [0.25, 0.3) is 0 Å². The lowest BCUT2D eigenvalue weighted by molar-refractivity contribution is -0.0411. The van der Waals surface area contributed by atoms with Crippen LogP contribution in [0.3, 0.4) is 0 Å². The molecule has 0 spiro atoms. The highest BCUT2D eigenvalue weighted by atomic mass is 14.5. The molecule has 13 atom stereocenters. The van der Waals surface area contributed by atoms with Crippen molar-refractivity contribution in [3.8, 4) is 0 Å². The van der Waals surface area contributed by atoms with Crippen LogP contribution in [0.1, 0.15) is 395 Å². The van der Waals surface area contributed by atoms with Crippen molar-refractivity contribution < 1.29 is 0 Å². The second-order valence-electron chi connectivity index (χ2n) is 39.1. The first-order chi connectivity index (χ1) is 46.8. The molecule has 546 valence electrons. The van der Waals surface area contributed by atoms with Gasteiger partial charge in [-0.05, 0) is 361 Å². The summed E-state index contributed by atoms with van der Waals surface area (Å²) >= 11 is 0. The van der Waals surface area contributed by atoms with E-state index in [-0.39, 0.29) is 0 Å². The van der Waals surface area contributed by atoms with Gasteiger partial charge in [0.2, 0.25) is 0 Å². The maximum absolute atomic E-state index is 2.54. The van der Waals surface area contributed by atoms with E-state index in [1.807, 2.05) is 0 Å². The first-order valence-electron chi connectivity index (χ1n) is 44.8. The van der Waals surface area contributed by atoms with Crippen LogP contribution in [0.15, 0.2) is 72.4 Å². The Labute approximate surface area is 599 Å². The van der Waals surface area contributed by atoms with Crippen molar-refractivity contribution in [1.29, 1.82) is 0 Å². The molecular weight excluding hydrogens is 1150 g/mol. The largest absolute Gasteiger partial charge is 0.0885 e. The predicted molar refractivity (Wildman–Crippen MR) is 422 cm³/mol. The Kier molecular flexibility index (Phi) is 33.4. The molecular formula is C96H162. The van der Waals surface area contributed by atoms with Crippen LogP contribution in [0, 0.1) is 136 Å². The van der Waals surface area contributed by atoms with Gasteiger partial charge in [0.05, 0.1) is 0 Å². The first kappa shape index (κ1) is 77.1. The summed E-state index contributed by atoms with van der Waals surface area (Å²) in [6.45, 7) is 16.7. The summed E-state index contributed by atoms with van der Waals surface area (Å²) in [4.78, 5) is 0. The monoisotopic (exact) mass is 1320 g/mol. The second kappa shape index (κ2) is 41.7. The van der Waals surface area contributed by atoms with Gasteiger partial charge in [0.15, 0.2) is 0 Å². The smallest absolute Gasteiger partial charge is 0.0200 e. The lowest BCUT2D eigenvalue weighted by atomic mass is 9.50. The number of fused-ring (bicyclic) bond motifs is 16. The van der Waals surface area contributed by atoms with Crippen molar-refractivity contribution in [2.75, 3.05) is 0 Å². The fraction of sp³-hybridized carbons (Fsp3) is 0.875. The van der Waals surface area contributed by atoms with E-state index in [0.717, 1.165) is 136 Å². The minimum Gasteiger partial charge on any atom is -0.0885 e. The lowest BCUT2D eigenvalue weighted by Gasteiger charge is -2.55. The van der Waals surface area contributed by atoms with Crippen molar-refractivity contribution in [2.24, 2.45) is 136 Å².